The standard InChI is InChI=1S/C22H24N6O6/c29-21(18-5-2-8-31-18)23-16-12-32-20-17(13-33-19(16)20)28-22(24-25-26-28)34-15-4-1-3-14(11-15)27-6-9-30-10-7-27/h1-5,8,11,16-17,19-20H,6-7,9-10,12-13H2,(H,23,29)/t16-,17+,19-,20+/m0/s1. The average molecular weight is 468 g/mol. The van der Waals surface area contributed by atoms with Crippen LogP contribution < -0.4 is 15.0 Å². The van der Waals surface area contributed by atoms with E-state index in [4.69, 9.17) is 23.4 Å². The first-order chi connectivity index (χ1) is 16.8. The molecule has 3 fully saturated rings. The molecule has 12 nitrogen and oxygen atoms in total. The highest BCUT2D eigenvalue weighted by Gasteiger charge is 2.50. The maximum Gasteiger partial charge on any atom is 0.341 e. The minimum atomic E-state index is -0.328. The lowest BCUT2D eigenvalue weighted by molar-refractivity contribution is 0.0605. The normalized spacial score (nSPS) is 26.4. The van der Waals surface area contributed by atoms with Gasteiger partial charge in [-0.2, -0.15) is 4.68 Å². The molecule has 2 aromatic heterocycles. The average Bonchev–Trinajstić information content (AvgIpc) is 3.66. The van der Waals surface area contributed by atoms with E-state index in [2.05, 4.69) is 25.7 Å². The van der Waals surface area contributed by atoms with Gasteiger partial charge in [0, 0.05) is 24.8 Å². The molecular formula is C22H24N6O6. The first kappa shape index (κ1) is 21.1. The van der Waals surface area contributed by atoms with Crippen molar-refractivity contribution in [3.8, 4) is 11.8 Å². The lowest BCUT2D eigenvalue weighted by atomic mass is 10.1. The molecule has 178 valence electrons. The van der Waals surface area contributed by atoms with E-state index in [-0.39, 0.29) is 42.0 Å². The van der Waals surface area contributed by atoms with Crippen molar-refractivity contribution in [3.05, 3.63) is 48.4 Å². The minimum Gasteiger partial charge on any atom is -0.459 e. The summed E-state index contributed by atoms with van der Waals surface area (Å²) in [4.78, 5) is 14.6. The van der Waals surface area contributed by atoms with E-state index in [1.54, 1.807) is 16.8 Å². The summed E-state index contributed by atoms with van der Waals surface area (Å²) in [7, 11) is 0. The van der Waals surface area contributed by atoms with Crippen LogP contribution in [0.2, 0.25) is 0 Å². The van der Waals surface area contributed by atoms with Crippen molar-refractivity contribution in [3.63, 3.8) is 0 Å². The Balaban J connectivity index is 1.14. The largest absolute Gasteiger partial charge is 0.459 e. The molecule has 34 heavy (non-hydrogen) atoms. The number of aromatic nitrogens is 4. The second-order valence-electron chi connectivity index (χ2n) is 8.33. The number of nitrogens with zero attached hydrogens (tertiary/aromatic N) is 5. The molecule has 0 spiro atoms. The molecule has 0 unspecified atom stereocenters. The number of amides is 1. The molecule has 1 amide bonds. The summed E-state index contributed by atoms with van der Waals surface area (Å²) in [5.41, 5.74) is 1.05. The number of fused-ring (bicyclic) bond motifs is 1. The summed E-state index contributed by atoms with van der Waals surface area (Å²) in [5, 5.41) is 14.9. The van der Waals surface area contributed by atoms with Crippen molar-refractivity contribution in [2.24, 2.45) is 0 Å². The van der Waals surface area contributed by atoms with Crippen molar-refractivity contribution < 1.29 is 28.2 Å². The number of hydrogen-bond acceptors (Lipinski definition) is 10. The van der Waals surface area contributed by atoms with Crippen molar-refractivity contribution in [1.29, 1.82) is 0 Å². The van der Waals surface area contributed by atoms with Gasteiger partial charge in [-0.25, -0.2) is 0 Å². The van der Waals surface area contributed by atoms with Crippen molar-refractivity contribution in [1.82, 2.24) is 25.5 Å². The van der Waals surface area contributed by atoms with Crippen LogP contribution in [0.3, 0.4) is 0 Å². The number of benzene rings is 1. The maximum atomic E-state index is 12.4. The summed E-state index contributed by atoms with van der Waals surface area (Å²) in [5.74, 6) is 0.567. The number of hydrogen-bond donors (Lipinski definition) is 1. The second-order valence-corrected chi connectivity index (χ2v) is 8.33. The first-order valence-electron chi connectivity index (χ1n) is 11.2. The second kappa shape index (κ2) is 9.05. The molecule has 1 N–H and O–H groups in total. The predicted molar refractivity (Wildman–Crippen MR) is 116 cm³/mol. The van der Waals surface area contributed by atoms with E-state index < -0.39 is 0 Å². The quantitative estimate of drug-likeness (QED) is 0.561. The number of anilines is 1. The summed E-state index contributed by atoms with van der Waals surface area (Å²) in [6.45, 7) is 3.72. The van der Waals surface area contributed by atoms with E-state index in [0.29, 0.717) is 32.2 Å². The highest BCUT2D eigenvalue weighted by atomic mass is 16.6. The maximum absolute atomic E-state index is 12.4. The Morgan fingerprint density at radius 2 is 1.97 bits per heavy atom. The van der Waals surface area contributed by atoms with E-state index >= 15 is 0 Å². The molecule has 0 aliphatic carbocycles. The number of tetrazole rings is 1. The van der Waals surface area contributed by atoms with E-state index in [1.165, 1.54) is 6.26 Å². The van der Waals surface area contributed by atoms with Gasteiger partial charge in [-0.1, -0.05) is 11.2 Å². The summed E-state index contributed by atoms with van der Waals surface area (Å²) in [6, 6.07) is 10.7. The van der Waals surface area contributed by atoms with Crippen LogP contribution in [0.5, 0.6) is 11.8 Å². The van der Waals surface area contributed by atoms with E-state index in [1.807, 2.05) is 24.3 Å². The molecule has 0 saturated carbocycles. The van der Waals surface area contributed by atoms with Gasteiger partial charge >= 0.3 is 6.01 Å². The Morgan fingerprint density at radius 1 is 1.09 bits per heavy atom. The number of furan rings is 1. The van der Waals surface area contributed by atoms with Gasteiger partial charge in [-0.15, -0.1) is 0 Å². The van der Waals surface area contributed by atoms with Crippen LogP contribution in [0.25, 0.3) is 0 Å². The van der Waals surface area contributed by atoms with Gasteiger partial charge in [0.25, 0.3) is 5.91 Å². The number of nitrogens with one attached hydrogen (secondary N) is 1. The smallest absolute Gasteiger partial charge is 0.341 e. The van der Waals surface area contributed by atoms with Gasteiger partial charge in [-0.3, -0.25) is 4.79 Å². The molecule has 0 radical (unpaired) electrons. The molecule has 3 aliphatic rings. The number of ether oxygens (including phenoxy) is 4. The monoisotopic (exact) mass is 468 g/mol. The Hall–Kier alpha value is -3.48. The van der Waals surface area contributed by atoms with E-state index in [0.717, 1.165) is 18.8 Å². The van der Waals surface area contributed by atoms with Crippen LogP contribution in [0, 0.1) is 0 Å². The van der Waals surface area contributed by atoms with Crippen LogP contribution in [-0.4, -0.2) is 83.9 Å². The van der Waals surface area contributed by atoms with Crippen molar-refractivity contribution >= 4 is 11.6 Å². The number of rotatable bonds is 6. The molecule has 3 aromatic rings. The van der Waals surface area contributed by atoms with Gasteiger partial charge in [0.1, 0.15) is 24.0 Å². The third-order valence-electron chi connectivity index (χ3n) is 6.27. The van der Waals surface area contributed by atoms with Crippen LogP contribution in [0.1, 0.15) is 16.6 Å². The highest BCUT2D eigenvalue weighted by Crippen LogP contribution is 2.36. The van der Waals surface area contributed by atoms with Gasteiger partial charge in [0.15, 0.2) is 5.76 Å². The SMILES string of the molecule is O=C(N[C@H]1CO[C@H]2[C@H]1OC[C@H]2n1nnnc1Oc1cccc(N2CCOCC2)c1)c1ccco1. The lowest BCUT2D eigenvalue weighted by Crippen LogP contribution is -2.44. The third kappa shape index (κ3) is 4.00. The number of morpholine rings is 1. The summed E-state index contributed by atoms with van der Waals surface area (Å²) in [6.07, 6.45) is 0.805. The molecule has 3 saturated heterocycles. The molecule has 0 bridgehead atoms. The summed E-state index contributed by atoms with van der Waals surface area (Å²) < 4.78 is 30.2. The Morgan fingerprint density at radius 3 is 2.82 bits per heavy atom. The van der Waals surface area contributed by atoms with Crippen LogP contribution in [-0.2, 0) is 14.2 Å². The fourth-order valence-corrected chi connectivity index (χ4v) is 4.59. The molecule has 12 heteroatoms. The number of carbonyl (C=O) groups is 1. The Labute approximate surface area is 194 Å². The van der Waals surface area contributed by atoms with E-state index in [9.17, 15) is 4.79 Å². The summed E-state index contributed by atoms with van der Waals surface area (Å²) >= 11 is 0. The predicted octanol–water partition coefficient (Wildman–Crippen LogP) is 1.03. The van der Waals surface area contributed by atoms with Gasteiger partial charge < -0.3 is 33.6 Å². The zero-order valence-corrected chi connectivity index (χ0v) is 18.3. The topological polar surface area (TPSA) is 126 Å². The molecule has 3 aliphatic heterocycles. The highest BCUT2D eigenvalue weighted by molar-refractivity contribution is 5.91. The van der Waals surface area contributed by atoms with Crippen LogP contribution >= 0.6 is 0 Å². The molecule has 5 heterocycles. The van der Waals surface area contributed by atoms with Crippen LogP contribution in [0.15, 0.2) is 47.1 Å². The first-order valence-corrected chi connectivity index (χ1v) is 11.2. The minimum absolute atomic E-state index is 0.244. The van der Waals surface area contributed by atoms with Crippen molar-refractivity contribution in [2.45, 2.75) is 24.3 Å². The molecule has 1 aromatic carbocycles. The van der Waals surface area contributed by atoms with Crippen molar-refractivity contribution in [2.75, 3.05) is 44.4 Å². The van der Waals surface area contributed by atoms with Crippen LogP contribution in [0.4, 0.5) is 5.69 Å². The van der Waals surface area contributed by atoms with Gasteiger partial charge in [-0.05, 0) is 34.7 Å². The fraction of sp³-hybridized carbons (Fsp3) is 0.455. The van der Waals surface area contributed by atoms with Gasteiger partial charge in [0.2, 0.25) is 0 Å². The zero-order valence-electron chi connectivity index (χ0n) is 18.3. The molecule has 4 atom stereocenters. The Bertz CT molecular complexity index is 1130. The Kier molecular flexibility index (Phi) is 5.61. The third-order valence-corrected chi connectivity index (χ3v) is 6.27. The van der Waals surface area contributed by atoms with Gasteiger partial charge in [0.05, 0.1) is 38.7 Å². The molecular weight excluding hydrogens is 444 g/mol. The zero-order chi connectivity index (χ0) is 22.9. The molecule has 6 rings (SSSR count). The fourth-order valence-electron chi connectivity index (χ4n) is 4.59. The lowest BCUT2D eigenvalue weighted by Gasteiger charge is -2.29. The number of carbonyl (C=O) groups excluding carboxylic acids is 1.